The van der Waals surface area contributed by atoms with Crippen molar-refractivity contribution in [3.8, 4) is 0 Å². The van der Waals surface area contributed by atoms with Gasteiger partial charge in [0.15, 0.2) is 0 Å². The first-order valence-electron chi connectivity index (χ1n) is 10.8. The minimum Gasteiger partial charge on any atom is -0.396 e. The number of piperazine rings is 1. The molecule has 150 valence electrons. The van der Waals surface area contributed by atoms with E-state index in [1.807, 2.05) is 0 Å². The SMILES string of the molecule is CC(C)N1CCC(N2CCN(c3cc(C4CC4)ncn3)C[C@@H]2CCO)CC1. The molecule has 2 saturated heterocycles. The van der Waals surface area contributed by atoms with E-state index < -0.39 is 0 Å². The summed E-state index contributed by atoms with van der Waals surface area (Å²) in [6.45, 7) is 10.3. The van der Waals surface area contributed by atoms with E-state index in [4.69, 9.17) is 0 Å². The van der Waals surface area contributed by atoms with Crippen molar-refractivity contribution in [2.24, 2.45) is 0 Å². The van der Waals surface area contributed by atoms with Gasteiger partial charge in [0.1, 0.15) is 12.1 Å². The average molecular weight is 374 g/mol. The van der Waals surface area contributed by atoms with E-state index in [1.165, 1.54) is 44.5 Å². The lowest BCUT2D eigenvalue weighted by molar-refractivity contribution is 0.0462. The fourth-order valence-electron chi connectivity index (χ4n) is 4.83. The zero-order valence-electron chi connectivity index (χ0n) is 16.9. The molecule has 6 heteroatoms. The monoisotopic (exact) mass is 373 g/mol. The number of hydrogen-bond acceptors (Lipinski definition) is 6. The minimum absolute atomic E-state index is 0.261. The third-order valence-corrected chi connectivity index (χ3v) is 6.68. The van der Waals surface area contributed by atoms with Gasteiger partial charge in [-0.25, -0.2) is 9.97 Å². The third kappa shape index (κ3) is 4.44. The van der Waals surface area contributed by atoms with Crippen molar-refractivity contribution in [2.45, 2.75) is 70.0 Å². The van der Waals surface area contributed by atoms with Gasteiger partial charge in [-0.15, -0.1) is 0 Å². The number of likely N-dealkylation sites (tertiary alicyclic amines) is 1. The van der Waals surface area contributed by atoms with Crippen LogP contribution in [0.1, 0.15) is 57.6 Å². The molecule has 0 amide bonds. The number of anilines is 1. The Balaban J connectivity index is 1.41. The summed E-state index contributed by atoms with van der Waals surface area (Å²) in [4.78, 5) is 16.7. The second-order valence-electron chi connectivity index (χ2n) is 8.79. The molecule has 1 saturated carbocycles. The van der Waals surface area contributed by atoms with Crippen LogP contribution in [0.2, 0.25) is 0 Å². The van der Waals surface area contributed by atoms with E-state index in [0.717, 1.165) is 31.9 Å². The summed E-state index contributed by atoms with van der Waals surface area (Å²) in [6, 6.07) is 3.92. The van der Waals surface area contributed by atoms with Crippen LogP contribution in [0.25, 0.3) is 0 Å². The van der Waals surface area contributed by atoms with Crippen LogP contribution in [0, 0.1) is 0 Å². The largest absolute Gasteiger partial charge is 0.396 e. The van der Waals surface area contributed by atoms with Gasteiger partial charge >= 0.3 is 0 Å². The maximum atomic E-state index is 9.65. The van der Waals surface area contributed by atoms with Gasteiger partial charge in [0.2, 0.25) is 0 Å². The zero-order valence-corrected chi connectivity index (χ0v) is 16.9. The first kappa shape index (κ1) is 19.1. The van der Waals surface area contributed by atoms with Crippen LogP contribution < -0.4 is 4.90 Å². The second-order valence-corrected chi connectivity index (χ2v) is 8.79. The van der Waals surface area contributed by atoms with Gasteiger partial charge in [0.25, 0.3) is 0 Å². The summed E-state index contributed by atoms with van der Waals surface area (Å²) < 4.78 is 0. The molecule has 0 unspecified atom stereocenters. The van der Waals surface area contributed by atoms with Crippen LogP contribution in [-0.4, -0.2) is 82.3 Å². The second kappa shape index (κ2) is 8.41. The van der Waals surface area contributed by atoms with Crippen molar-refractivity contribution >= 4 is 5.82 Å². The predicted octanol–water partition coefficient (Wildman–Crippen LogP) is 2.10. The minimum atomic E-state index is 0.261. The molecule has 0 radical (unpaired) electrons. The van der Waals surface area contributed by atoms with E-state index >= 15 is 0 Å². The number of aliphatic hydroxyl groups excluding tert-OH is 1. The van der Waals surface area contributed by atoms with Gasteiger partial charge in [0.05, 0.1) is 0 Å². The van der Waals surface area contributed by atoms with E-state index in [0.29, 0.717) is 24.0 Å². The molecule has 1 aromatic rings. The van der Waals surface area contributed by atoms with E-state index in [1.54, 1.807) is 6.33 Å². The molecular weight excluding hydrogens is 338 g/mol. The van der Waals surface area contributed by atoms with Gasteiger partial charge in [-0.05, 0) is 59.0 Å². The molecule has 3 fully saturated rings. The number of nitrogens with zero attached hydrogens (tertiary/aromatic N) is 5. The molecule has 2 aliphatic heterocycles. The number of aromatic nitrogens is 2. The van der Waals surface area contributed by atoms with Crippen molar-refractivity contribution in [1.29, 1.82) is 0 Å². The number of aliphatic hydroxyl groups is 1. The summed E-state index contributed by atoms with van der Waals surface area (Å²) in [5.74, 6) is 1.73. The van der Waals surface area contributed by atoms with Crippen molar-refractivity contribution in [2.75, 3.05) is 44.2 Å². The van der Waals surface area contributed by atoms with Crippen LogP contribution in [0.15, 0.2) is 12.4 Å². The normalized spacial score (nSPS) is 26.1. The highest BCUT2D eigenvalue weighted by Crippen LogP contribution is 2.39. The first-order chi connectivity index (χ1) is 13.2. The van der Waals surface area contributed by atoms with E-state index in [-0.39, 0.29) is 6.61 Å². The number of rotatable bonds is 6. The molecule has 4 rings (SSSR count). The van der Waals surface area contributed by atoms with Gasteiger partial charge < -0.3 is 14.9 Å². The quantitative estimate of drug-likeness (QED) is 0.824. The maximum absolute atomic E-state index is 9.65. The van der Waals surface area contributed by atoms with Gasteiger partial charge in [-0.1, -0.05) is 0 Å². The van der Waals surface area contributed by atoms with Gasteiger partial charge in [0, 0.05) is 62.0 Å². The lowest BCUT2D eigenvalue weighted by Crippen LogP contribution is -2.59. The van der Waals surface area contributed by atoms with Crippen LogP contribution >= 0.6 is 0 Å². The Morgan fingerprint density at radius 2 is 1.85 bits per heavy atom. The highest BCUT2D eigenvalue weighted by molar-refractivity contribution is 5.41. The Bertz CT molecular complexity index is 612. The molecule has 6 nitrogen and oxygen atoms in total. The highest BCUT2D eigenvalue weighted by atomic mass is 16.3. The van der Waals surface area contributed by atoms with Gasteiger partial charge in [-0.2, -0.15) is 0 Å². The molecule has 0 bridgehead atoms. The molecule has 3 aliphatic rings. The molecule has 3 heterocycles. The van der Waals surface area contributed by atoms with Crippen molar-refractivity contribution in [1.82, 2.24) is 19.8 Å². The van der Waals surface area contributed by atoms with Crippen molar-refractivity contribution in [3.05, 3.63) is 18.1 Å². The Morgan fingerprint density at radius 3 is 2.52 bits per heavy atom. The summed E-state index contributed by atoms with van der Waals surface area (Å²) in [5.41, 5.74) is 1.21. The lowest BCUT2D eigenvalue weighted by atomic mass is 9.97. The molecular formula is C21H35N5O. The van der Waals surface area contributed by atoms with E-state index in [2.05, 4.69) is 44.6 Å². The molecule has 1 N–H and O–H groups in total. The van der Waals surface area contributed by atoms with Crippen molar-refractivity contribution in [3.63, 3.8) is 0 Å². The number of piperidine rings is 1. The molecule has 27 heavy (non-hydrogen) atoms. The van der Waals surface area contributed by atoms with Crippen LogP contribution in [0.5, 0.6) is 0 Å². The Kier molecular flexibility index (Phi) is 5.95. The smallest absolute Gasteiger partial charge is 0.132 e. The van der Waals surface area contributed by atoms with Crippen LogP contribution in [0.3, 0.4) is 0 Å². The molecule has 1 aromatic heterocycles. The van der Waals surface area contributed by atoms with Crippen LogP contribution in [0.4, 0.5) is 5.82 Å². The molecule has 1 aliphatic carbocycles. The zero-order chi connectivity index (χ0) is 18.8. The Morgan fingerprint density at radius 1 is 1.07 bits per heavy atom. The summed E-state index contributed by atoms with van der Waals surface area (Å²) in [7, 11) is 0. The third-order valence-electron chi connectivity index (χ3n) is 6.68. The maximum Gasteiger partial charge on any atom is 0.132 e. The summed E-state index contributed by atoms with van der Waals surface area (Å²) in [5, 5.41) is 9.65. The summed E-state index contributed by atoms with van der Waals surface area (Å²) in [6.07, 6.45) is 7.62. The van der Waals surface area contributed by atoms with E-state index in [9.17, 15) is 5.11 Å². The average Bonchev–Trinajstić information content (AvgIpc) is 3.54. The molecule has 1 atom stereocenters. The first-order valence-corrected chi connectivity index (χ1v) is 10.8. The number of hydrogen-bond donors (Lipinski definition) is 1. The molecule has 0 spiro atoms. The molecule has 0 aromatic carbocycles. The van der Waals surface area contributed by atoms with Gasteiger partial charge in [-0.3, -0.25) is 4.90 Å². The standard InChI is InChI=1S/C21H35N5O/c1-16(2)24-8-5-18(6-9-24)26-11-10-25(14-19(26)7-12-27)21-13-20(17-3-4-17)22-15-23-21/h13,15-19,27H,3-12,14H2,1-2H3/t19-/m0/s1. The lowest BCUT2D eigenvalue weighted by Gasteiger charge is -2.48. The topological polar surface area (TPSA) is 55.7 Å². The Hall–Kier alpha value is -1.24. The summed E-state index contributed by atoms with van der Waals surface area (Å²) >= 11 is 0. The Labute approximate surface area is 163 Å². The van der Waals surface area contributed by atoms with Crippen LogP contribution in [-0.2, 0) is 0 Å². The fraction of sp³-hybridized carbons (Fsp3) is 0.810. The van der Waals surface area contributed by atoms with Crippen molar-refractivity contribution < 1.29 is 5.11 Å². The fourth-order valence-corrected chi connectivity index (χ4v) is 4.83. The predicted molar refractivity (Wildman–Crippen MR) is 108 cm³/mol. The highest BCUT2D eigenvalue weighted by Gasteiger charge is 2.34.